The van der Waals surface area contributed by atoms with Crippen molar-refractivity contribution in [3.63, 3.8) is 0 Å². The number of hydrogen-bond donors (Lipinski definition) is 0. The van der Waals surface area contributed by atoms with E-state index < -0.39 is 51.1 Å². The monoisotopic (exact) mass is 682 g/mol. The number of fused-ring (bicyclic) bond motifs is 1. The van der Waals surface area contributed by atoms with Crippen molar-refractivity contribution in [1.29, 1.82) is 5.26 Å². The number of esters is 3. The van der Waals surface area contributed by atoms with Crippen molar-refractivity contribution in [1.82, 2.24) is 4.31 Å². The molecule has 49 heavy (non-hydrogen) atoms. The lowest BCUT2D eigenvalue weighted by atomic mass is 9.69. The van der Waals surface area contributed by atoms with E-state index in [0.717, 1.165) is 15.4 Å². The Morgan fingerprint density at radius 3 is 2.24 bits per heavy atom. The van der Waals surface area contributed by atoms with E-state index in [9.17, 15) is 28.1 Å². The Kier molecular flexibility index (Phi) is 8.77. The van der Waals surface area contributed by atoms with Gasteiger partial charge in [-0.3, -0.25) is 0 Å². The predicted molar refractivity (Wildman–Crippen MR) is 178 cm³/mol. The van der Waals surface area contributed by atoms with Gasteiger partial charge in [-0.15, -0.1) is 0 Å². The van der Waals surface area contributed by atoms with Crippen molar-refractivity contribution in [3.8, 4) is 6.07 Å². The molecule has 0 N–H and O–H groups in total. The van der Waals surface area contributed by atoms with Crippen molar-refractivity contribution in [2.24, 2.45) is 4.99 Å². The van der Waals surface area contributed by atoms with Crippen molar-refractivity contribution in [2.75, 3.05) is 25.2 Å². The summed E-state index contributed by atoms with van der Waals surface area (Å²) in [6.07, 6.45) is -0.159. The average molecular weight is 683 g/mol. The van der Waals surface area contributed by atoms with E-state index >= 15 is 0 Å². The van der Waals surface area contributed by atoms with Crippen LogP contribution in [0.2, 0.25) is 0 Å². The van der Waals surface area contributed by atoms with Crippen LogP contribution in [0.3, 0.4) is 0 Å². The molecular weight excluding hydrogens is 648 g/mol. The van der Waals surface area contributed by atoms with Gasteiger partial charge in [0.05, 0.1) is 53.9 Å². The highest BCUT2D eigenvalue weighted by Crippen LogP contribution is 2.59. The molecule has 3 aromatic rings. The van der Waals surface area contributed by atoms with Gasteiger partial charge in [-0.05, 0) is 68.7 Å². The van der Waals surface area contributed by atoms with E-state index in [4.69, 9.17) is 19.2 Å². The molecule has 3 aliphatic rings. The fourth-order valence-electron chi connectivity index (χ4n) is 7.04. The number of carbonyl (C=O) groups is 3. The summed E-state index contributed by atoms with van der Waals surface area (Å²) in [6, 6.07) is 19.9. The van der Waals surface area contributed by atoms with E-state index in [1.807, 2.05) is 30.0 Å². The van der Waals surface area contributed by atoms with Gasteiger partial charge in [0.2, 0.25) is 0 Å². The maximum Gasteiger partial charge on any atom is 0.357 e. The van der Waals surface area contributed by atoms with Crippen molar-refractivity contribution < 1.29 is 37.0 Å². The Morgan fingerprint density at radius 1 is 0.959 bits per heavy atom. The molecule has 1 saturated heterocycles. The number of nitrogens with zero attached hydrogens (tertiary/aromatic N) is 4. The maximum absolute atomic E-state index is 14.7. The number of amidine groups is 1. The number of nitriles is 1. The SMILES string of the molecule is CCOC(=O)C1=C(C(=O)OCC)C2N(Cc3ccc(C#N)cc3)c3ccccc3[C@@]23C[C@@H](C(=O)OC)N(S(=O)(=O)c2ccc(C)cc2)C3=N1. The minimum Gasteiger partial charge on any atom is -0.467 e. The number of ether oxygens (including phenoxy) is 3. The first-order valence-electron chi connectivity index (χ1n) is 15.7. The first-order valence-corrected chi connectivity index (χ1v) is 17.2. The van der Waals surface area contributed by atoms with Gasteiger partial charge in [-0.2, -0.15) is 5.26 Å². The summed E-state index contributed by atoms with van der Waals surface area (Å²) in [4.78, 5) is 47.9. The van der Waals surface area contributed by atoms with E-state index in [1.165, 1.54) is 19.2 Å². The lowest BCUT2D eigenvalue weighted by Crippen LogP contribution is -2.55. The normalized spacial score (nSPS) is 20.8. The molecule has 3 aliphatic heterocycles. The first-order chi connectivity index (χ1) is 23.5. The Labute approximate surface area is 284 Å². The van der Waals surface area contributed by atoms with Gasteiger partial charge in [-0.1, -0.05) is 48.0 Å². The first kappa shape index (κ1) is 33.4. The highest BCUT2D eigenvalue weighted by molar-refractivity contribution is 7.89. The van der Waals surface area contributed by atoms with E-state index in [0.29, 0.717) is 16.8 Å². The van der Waals surface area contributed by atoms with Crippen LogP contribution >= 0.6 is 0 Å². The summed E-state index contributed by atoms with van der Waals surface area (Å²) >= 11 is 0. The largest absolute Gasteiger partial charge is 0.467 e. The second-order valence-corrected chi connectivity index (χ2v) is 13.6. The number of sulfonamides is 1. The number of hydrogen-bond acceptors (Lipinski definition) is 11. The Balaban J connectivity index is 1.68. The Morgan fingerprint density at radius 2 is 1.61 bits per heavy atom. The molecule has 13 heteroatoms. The fraction of sp³-hybridized carbons (Fsp3) is 0.306. The number of anilines is 1. The second kappa shape index (κ2) is 12.9. The second-order valence-electron chi connectivity index (χ2n) is 11.8. The van der Waals surface area contributed by atoms with Crippen molar-refractivity contribution >= 4 is 39.5 Å². The Bertz CT molecular complexity index is 2050. The molecule has 3 aromatic carbocycles. The lowest BCUT2D eigenvalue weighted by molar-refractivity contribution is -0.144. The minimum absolute atomic E-state index is 0.0178. The minimum atomic E-state index is -4.51. The quantitative estimate of drug-likeness (QED) is 0.240. The van der Waals surface area contributed by atoms with Crippen LogP contribution in [0.1, 0.15) is 42.5 Å². The number of aryl methyl sites for hydroxylation is 1. The molecule has 0 bridgehead atoms. The van der Waals surface area contributed by atoms with Crippen LogP contribution in [-0.2, 0) is 50.6 Å². The molecule has 1 fully saturated rings. The van der Waals surface area contributed by atoms with E-state index in [2.05, 4.69) is 6.07 Å². The van der Waals surface area contributed by atoms with E-state index in [1.54, 1.807) is 56.3 Å². The predicted octanol–water partition coefficient (Wildman–Crippen LogP) is 3.92. The molecule has 1 unspecified atom stereocenters. The smallest absolute Gasteiger partial charge is 0.357 e. The zero-order valence-electron chi connectivity index (χ0n) is 27.4. The third kappa shape index (κ3) is 5.32. The van der Waals surface area contributed by atoms with Crippen LogP contribution in [0.4, 0.5) is 5.69 Å². The summed E-state index contributed by atoms with van der Waals surface area (Å²) in [5, 5.41) is 9.38. The van der Waals surface area contributed by atoms with Gasteiger partial charge in [-0.25, -0.2) is 32.1 Å². The number of para-hydroxylation sites is 1. The molecule has 252 valence electrons. The summed E-state index contributed by atoms with van der Waals surface area (Å²) in [5.41, 5.74) is 1.31. The van der Waals surface area contributed by atoms with Gasteiger partial charge in [0, 0.05) is 12.2 Å². The van der Waals surface area contributed by atoms with Crippen LogP contribution in [0, 0.1) is 18.3 Å². The molecule has 0 aromatic heterocycles. The summed E-state index contributed by atoms with van der Waals surface area (Å²) < 4.78 is 46.4. The molecule has 6 rings (SSSR count). The molecule has 1 spiro atoms. The number of carbonyl (C=O) groups excluding carboxylic acids is 3. The summed E-state index contributed by atoms with van der Waals surface area (Å²) in [5.74, 6) is -2.72. The number of rotatable bonds is 9. The molecule has 12 nitrogen and oxygen atoms in total. The lowest BCUT2D eigenvalue weighted by Gasteiger charge is -2.40. The number of aliphatic imine (C=N–C) groups is 1. The zero-order valence-corrected chi connectivity index (χ0v) is 28.2. The zero-order chi connectivity index (χ0) is 35.1. The molecular formula is C36H34N4O8S. The topological polar surface area (TPSA) is 156 Å². The highest BCUT2D eigenvalue weighted by Gasteiger charge is 2.68. The molecule has 0 radical (unpaired) electrons. The van der Waals surface area contributed by atoms with Crippen molar-refractivity contribution in [2.45, 2.75) is 56.1 Å². The maximum atomic E-state index is 14.7. The summed E-state index contributed by atoms with van der Waals surface area (Å²) in [6.45, 7) is 5.16. The molecule has 0 aliphatic carbocycles. The van der Waals surface area contributed by atoms with Crippen molar-refractivity contribution in [3.05, 3.63) is 106 Å². The molecule has 0 amide bonds. The highest BCUT2D eigenvalue weighted by atomic mass is 32.2. The third-order valence-electron chi connectivity index (χ3n) is 9.08. The van der Waals surface area contributed by atoms with Crippen LogP contribution in [-0.4, -0.2) is 68.9 Å². The van der Waals surface area contributed by atoms with Crippen LogP contribution in [0.25, 0.3) is 0 Å². The van der Waals surface area contributed by atoms with Crippen LogP contribution in [0.15, 0.2) is 94.0 Å². The standard InChI is InChI=1S/C36H34N4O8S/c1-5-47-33(42)29-30(34(43)48-6-2)38-35-36(19-28(32(41)46-4)40(35)49(44,45)25-17-11-22(3)12-18-25)26-9-7-8-10-27(26)39(31(29)36)21-24-15-13-23(20-37)14-16-24/h7-18,28,31H,5-6,19,21H2,1-4H3/t28-,31?,36-/m0/s1. The van der Waals surface area contributed by atoms with Gasteiger partial charge in [0.15, 0.2) is 5.70 Å². The van der Waals surface area contributed by atoms with Gasteiger partial charge in [0.1, 0.15) is 11.9 Å². The van der Waals surface area contributed by atoms with Crippen LogP contribution in [0.5, 0.6) is 0 Å². The van der Waals surface area contributed by atoms with Crippen LogP contribution < -0.4 is 4.90 Å². The molecule has 0 saturated carbocycles. The van der Waals surface area contributed by atoms with E-state index in [-0.39, 0.29) is 42.5 Å². The molecule has 3 atom stereocenters. The average Bonchev–Trinajstić information content (AvgIpc) is 3.60. The number of benzene rings is 3. The Hall–Kier alpha value is -5.48. The van der Waals surface area contributed by atoms with Gasteiger partial charge in [0.25, 0.3) is 10.0 Å². The van der Waals surface area contributed by atoms with Gasteiger partial charge >= 0.3 is 17.9 Å². The molecule has 3 heterocycles. The third-order valence-corrected chi connectivity index (χ3v) is 10.9. The fourth-order valence-corrected chi connectivity index (χ4v) is 8.67. The number of methoxy groups -OCH3 is 1. The van der Waals surface area contributed by atoms with Gasteiger partial charge < -0.3 is 19.1 Å². The summed E-state index contributed by atoms with van der Waals surface area (Å²) in [7, 11) is -3.34.